The lowest BCUT2D eigenvalue weighted by Crippen LogP contribution is -2.29. The van der Waals surface area contributed by atoms with Crippen molar-refractivity contribution in [3.63, 3.8) is 0 Å². The molecule has 0 spiro atoms. The lowest BCUT2D eigenvalue weighted by Gasteiger charge is -2.23. The van der Waals surface area contributed by atoms with Crippen LogP contribution in [0, 0.1) is 0 Å². The summed E-state index contributed by atoms with van der Waals surface area (Å²) in [6.45, 7) is 2.58. The topological polar surface area (TPSA) is 59.2 Å². The molecule has 0 bridgehead atoms. The van der Waals surface area contributed by atoms with E-state index in [0.29, 0.717) is 12.2 Å². The second-order valence-corrected chi connectivity index (χ2v) is 6.19. The van der Waals surface area contributed by atoms with E-state index in [-0.39, 0.29) is 11.9 Å². The van der Waals surface area contributed by atoms with Crippen LogP contribution in [0.3, 0.4) is 0 Å². The highest BCUT2D eigenvalue weighted by Crippen LogP contribution is 2.25. The zero-order valence-corrected chi connectivity index (χ0v) is 12.6. The maximum atomic E-state index is 12.3. The number of thiophene rings is 1. The number of amides is 1. The Labute approximate surface area is 120 Å². The van der Waals surface area contributed by atoms with E-state index in [4.69, 9.17) is 5.73 Å². The number of hydrogen-bond donors (Lipinski definition) is 1. The summed E-state index contributed by atoms with van der Waals surface area (Å²) in [6.07, 6.45) is 0.724. The number of nitrogens with zero attached hydrogens (tertiary/aromatic N) is 2. The number of hydrogen-bond acceptors (Lipinski definition) is 5. The molecule has 0 aliphatic carbocycles. The minimum Gasteiger partial charge on any atom is -0.333 e. The van der Waals surface area contributed by atoms with Gasteiger partial charge in [0.25, 0.3) is 5.91 Å². The number of thiazole rings is 1. The van der Waals surface area contributed by atoms with Gasteiger partial charge in [-0.25, -0.2) is 4.98 Å². The van der Waals surface area contributed by atoms with Crippen LogP contribution in [0.4, 0.5) is 0 Å². The summed E-state index contributed by atoms with van der Waals surface area (Å²) >= 11 is 3.15. The zero-order valence-electron chi connectivity index (χ0n) is 11.0. The maximum absolute atomic E-state index is 12.3. The van der Waals surface area contributed by atoms with Gasteiger partial charge in [-0.3, -0.25) is 4.79 Å². The SMILES string of the molecule is CC(c1cccs1)N(C)C(=O)c1csc(CCN)n1. The van der Waals surface area contributed by atoms with Crippen LogP contribution in [0.5, 0.6) is 0 Å². The molecular weight excluding hydrogens is 278 g/mol. The van der Waals surface area contributed by atoms with Crippen molar-refractivity contribution >= 4 is 28.6 Å². The monoisotopic (exact) mass is 295 g/mol. The molecule has 0 aliphatic rings. The van der Waals surface area contributed by atoms with Crippen LogP contribution in [0.15, 0.2) is 22.9 Å². The molecule has 2 N–H and O–H groups in total. The fourth-order valence-corrected chi connectivity index (χ4v) is 3.34. The fourth-order valence-electron chi connectivity index (χ4n) is 1.72. The van der Waals surface area contributed by atoms with E-state index in [1.54, 1.807) is 16.2 Å². The minimum atomic E-state index is -0.0413. The largest absolute Gasteiger partial charge is 0.333 e. The number of nitrogens with two attached hydrogens (primary N) is 1. The normalized spacial score (nSPS) is 12.4. The lowest BCUT2D eigenvalue weighted by atomic mass is 10.2. The molecule has 0 aliphatic heterocycles. The molecule has 0 saturated heterocycles. The zero-order chi connectivity index (χ0) is 13.8. The lowest BCUT2D eigenvalue weighted by molar-refractivity contribution is 0.0739. The average Bonchev–Trinajstić information content (AvgIpc) is 3.07. The van der Waals surface area contributed by atoms with Crippen molar-refractivity contribution in [3.8, 4) is 0 Å². The summed E-state index contributed by atoms with van der Waals surface area (Å²) in [6, 6.07) is 4.10. The molecule has 4 nitrogen and oxygen atoms in total. The Morgan fingerprint density at radius 2 is 2.32 bits per heavy atom. The van der Waals surface area contributed by atoms with E-state index in [1.165, 1.54) is 16.2 Å². The van der Waals surface area contributed by atoms with Crippen LogP contribution in [-0.2, 0) is 6.42 Å². The van der Waals surface area contributed by atoms with Gasteiger partial charge in [0.15, 0.2) is 0 Å². The van der Waals surface area contributed by atoms with Crippen LogP contribution in [0.2, 0.25) is 0 Å². The molecule has 2 aromatic rings. The first kappa shape index (κ1) is 14.2. The molecule has 2 heterocycles. The smallest absolute Gasteiger partial charge is 0.273 e. The van der Waals surface area contributed by atoms with Crippen molar-refractivity contribution in [2.24, 2.45) is 5.73 Å². The fraction of sp³-hybridized carbons (Fsp3) is 0.385. The van der Waals surface area contributed by atoms with Crippen molar-refractivity contribution in [2.45, 2.75) is 19.4 Å². The number of rotatable bonds is 5. The first-order valence-corrected chi connectivity index (χ1v) is 7.84. The Bertz CT molecular complexity index is 536. The highest BCUT2D eigenvalue weighted by Gasteiger charge is 2.21. The standard InChI is InChI=1S/C13H17N3OS2/c1-9(11-4-3-7-18-11)16(2)13(17)10-8-19-12(15-10)5-6-14/h3-4,7-9H,5-6,14H2,1-2H3. The highest BCUT2D eigenvalue weighted by molar-refractivity contribution is 7.10. The van der Waals surface area contributed by atoms with E-state index in [0.717, 1.165) is 11.4 Å². The third kappa shape index (κ3) is 3.20. The van der Waals surface area contributed by atoms with E-state index in [1.807, 2.05) is 36.9 Å². The second-order valence-electron chi connectivity index (χ2n) is 4.27. The Morgan fingerprint density at radius 3 is 2.95 bits per heavy atom. The number of carbonyl (C=O) groups excluding carboxylic acids is 1. The molecule has 19 heavy (non-hydrogen) atoms. The molecule has 2 rings (SSSR count). The van der Waals surface area contributed by atoms with Gasteiger partial charge in [0.2, 0.25) is 0 Å². The van der Waals surface area contributed by atoms with E-state index in [9.17, 15) is 4.79 Å². The molecule has 6 heteroatoms. The summed E-state index contributed by atoms with van der Waals surface area (Å²) in [7, 11) is 1.81. The van der Waals surface area contributed by atoms with Gasteiger partial charge in [-0.2, -0.15) is 0 Å². The quantitative estimate of drug-likeness (QED) is 0.922. The molecule has 2 aromatic heterocycles. The molecular formula is C13H17N3OS2. The van der Waals surface area contributed by atoms with Crippen LogP contribution in [-0.4, -0.2) is 29.4 Å². The van der Waals surface area contributed by atoms with Gasteiger partial charge in [-0.15, -0.1) is 22.7 Å². The van der Waals surface area contributed by atoms with Crippen molar-refractivity contribution in [3.05, 3.63) is 38.5 Å². The molecule has 1 atom stereocenters. The van der Waals surface area contributed by atoms with Gasteiger partial charge in [0, 0.05) is 23.7 Å². The number of aromatic nitrogens is 1. The van der Waals surface area contributed by atoms with Crippen LogP contribution in [0.1, 0.15) is 33.3 Å². The number of carbonyl (C=O) groups is 1. The summed E-state index contributed by atoms with van der Waals surface area (Å²) in [5.41, 5.74) is 6.00. The van der Waals surface area contributed by atoms with Crippen molar-refractivity contribution in [2.75, 3.05) is 13.6 Å². The summed E-state index contributed by atoms with van der Waals surface area (Å²) in [5.74, 6) is -0.0413. The maximum Gasteiger partial charge on any atom is 0.273 e. The first-order valence-electron chi connectivity index (χ1n) is 6.08. The Kier molecular flexibility index (Phi) is 4.68. The molecule has 0 aromatic carbocycles. The van der Waals surface area contributed by atoms with Crippen molar-refractivity contribution < 1.29 is 4.79 Å². The van der Waals surface area contributed by atoms with Gasteiger partial charge in [-0.1, -0.05) is 6.07 Å². The summed E-state index contributed by atoms with van der Waals surface area (Å²) in [5, 5.41) is 4.75. The van der Waals surface area contributed by atoms with Gasteiger partial charge >= 0.3 is 0 Å². The highest BCUT2D eigenvalue weighted by atomic mass is 32.1. The predicted molar refractivity (Wildman–Crippen MR) is 79.7 cm³/mol. The van der Waals surface area contributed by atoms with Gasteiger partial charge in [0.05, 0.1) is 11.0 Å². The second kappa shape index (κ2) is 6.27. The Balaban J connectivity index is 2.09. The summed E-state index contributed by atoms with van der Waals surface area (Å²) in [4.78, 5) is 19.6. The minimum absolute atomic E-state index is 0.0413. The van der Waals surface area contributed by atoms with Crippen molar-refractivity contribution in [1.29, 1.82) is 0 Å². The average molecular weight is 295 g/mol. The Hall–Kier alpha value is -1.24. The van der Waals surface area contributed by atoms with Crippen LogP contribution >= 0.6 is 22.7 Å². The summed E-state index contributed by atoms with van der Waals surface area (Å²) < 4.78 is 0. The third-order valence-electron chi connectivity index (χ3n) is 2.99. The van der Waals surface area contributed by atoms with E-state index < -0.39 is 0 Å². The third-order valence-corrected chi connectivity index (χ3v) is 4.94. The van der Waals surface area contributed by atoms with Crippen molar-refractivity contribution in [1.82, 2.24) is 9.88 Å². The Morgan fingerprint density at radius 1 is 1.53 bits per heavy atom. The van der Waals surface area contributed by atoms with Crippen LogP contribution in [0.25, 0.3) is 0 Å². The molecule has 0 fully saturated rings. The molecule has 102 valence electrons. The van der Waals surface area contributed by atoms with Gasteiger partial charge in [-0.05, 0) is 24.9 Å². The van der Waals surface area contributed by atoms with E-state index in [2.05, 4.69) is 4.98 Å². The van der Waals surface area contributed by atoms with Crippen LogP contribution < -0.4 is 5.73 Å². The van der Waals surface area contributed by atoms with Gasteiger partial charge < -0.3 is 10.6 Å². The molecule has 0 radical (unpaired) electrons. The van der Waals surface area contributed by atoms with Gasteiger partial charge in [0.1, 0.15) is 5.69 Å². The molecule has 1 unspecified atom stereocenters. The molecule has 0 saturated carbocycles. The first-order chi connectivity index (χ1) is 9.13. The predicted octanol–water partition coefficient (Wildman–Crippen LogP) is 2.54. The molecule has 1 amide bonds. The van der Waals surface area contributed by atoms with E-state index >= 15 is 0 Å².